The number of phenolic OH excluding ortho intramolecular Hbond substituents is 1. The van der Waals surface area contributed by atoms with Crippen LogP contribution in [-0.4, -0.2) is 18.2 Å². The predicted octanol–water partition coefficient (Wildman–Crippen LogP) is 3.80. The zero-order valence-electron chi connectivity index (χ0n) is 10.4. The van der Waals surface area contributed by atoms with Crippen LogP contribution in [0.4, 0.5) is 5.69 Å². The van der Waals surface area contributed by atoms with Gasteiger partial charge >= 0.3 is 0 Å². The van der Waals surface area contributed by atoms with Gasteiger partial charge in [-0.15, -0.1) is 0 Å². The highest BCUT2D eigenvalue weighted by molar-refractivity contribution is 5.48. The van der Waals surface area contributed by atoms with Gasteiger partial charge in [0.15, 0.2) is 0 Å². The third-order valence-electron chi connectivity index (χ3n) is 2.88. The standard InChI is InChI=1S/C14H23NO/c1-3-5-6-7-12-15(4-2)13-8-10-14(16)11-9-13/h8-11,16H,3-7,12H2,1-2H3. The second-order valence-electron chi connectivity index (χ2n) is 4.16. The molecular formula is C14H23NO. The number of nitrogens with zero attached hydrogens (tertiary/aromatic N) is 1. The van der Waals surface area contributed by atoms with E-state index in [1.165, 1.54) is 31.4 Å². The van der Waals surface area contributed by atoms with E-state index in [1.807, 2.05) is 12.1 Å². The Kier molecular flexibility index (Phi) is 5.76. The van der Waals surface area contributed by atoms with E-state index < -0.39 is 0 Å². The van der Waals surface area contributed by atoms with Crippen LogP contribution >= 0.6 is 0 Å². The number of anilines is 1. The van der Waals surface area contributed by atoms with E-state index in [-0.39, 0.29) is 0 Å². The van der Waals surface area contributed by atoms with Gasteiger partial charge in [-0.25, -0.2) is 0 Å². The SMILES string of the molecule is CCCCCCN(CC)c1ccc(O)cc1. The van der Waals surface area contributed by atoms with E-state index in [0.717, 1.165) is 13.1 Å². The molecule has 1 rings (SSSR count). The van der Waals surface area contributed by atoms with Crippen molar-refractivity contribution >= 4 is 5.69 Å². The molecule has 0 aliphatic heterocycles. The molecule has 0 aromatic heterocycles. The lowest BCUT2D eigenvalue weighted by Crippen LogP contribution is -2.23. The van der Waals surface area contributed by atoms with Crippen LogP contribution in [0.15, 0.2) is 24.3 Å². The smallest absolute Gasteiger partial charge is 0.115 e. The monoisotopic (exact) mass is 221 g/mol. The first-order chi connectivity index (χ1) is 7.77. The molecule has 2 heteroatoms. The molecule has 1 aromatic rings. The lowest BCUT2D eigenvalue weighted by Gasteiger charge is -2.23. The van der Waals surface area contributed by atoms with Crippen molar-refractivity contribution in [3.63, 3.8) is 0 Å². The Labute approximate surface area is 98.9 Å². The van der Waals surface area contributed by atoms with Crippen molar-refractivity contribution < 1.29 is 5.11 Å². The first kappa shape index (κ1) is 12.9. The van der Waals surface area contributed by atoms with E-state index in [4.69, 9.17) is 0 Å². The fourth-order valence-corrected chi connectivity index (χ4v) is 1.86. The topological polar surface area (TPSA) is 23.5 Å². The Balaban J connectivity index is 2.44. The molecule has 0 radical (unpaired) electrons. The number of unbranched alkanes of at least 4 members (excludes halogenated alkanes) is 3. The largest absolute Gasteiger partial charge is 0.508 e. The number of benzene rings is 1. The molecule has 0 atom stereocenters. The molecule has 90 valence electrons. The normalized spacial score (nSPS) is 10.4. The average Bonchev–Trinajstić information content (AvgIpc) is 2.31. The maximum absolute atomic E-state index is 9.24. The quantitative estimate of drug-likeness (QED) is 0.708. The Morgan fingerprint density at radius 2 is 1.69 bits per heavy atom. The predicted molar refractivity (Wildman–Crippen MR) is 70.1 cm³/mol. The van der Waals surface area contributed by atoms with Crippen LogP contribution in [0.1, 0.15) is 39.5 Å². The maximum atomic E-state index is 9.24. The first-order valence-corrected chi connectivity index (χ1v) is 6.32. The summed E-state index contributed by atoms with van der Waals surface area (Å²) in [7, 11) is 0. The van der Waals surface area contributed by atoms with E-state index in [9.17, 15) is 5.11 Å². The maximum Gasteiger partial charge on any atom is 0.115 e. The summed E-state index contributed by atoms with van der Waals surface area (Å²) in [6.45, 7) is 6.54. The molecule has 0 aliphatic rings. The van der Waals surface area contributed by atoms with Crippen molar-refractivity contribution in [2.75, 3.05) is 18.0 Å². The van der Waals surface area contributed by atoms with Gasteiger partial charge in [-0.1, -0.05) is 26.2 Å². The Bertz CT molecular complexity index is 281. The summed E-state index contributed by atoms with van der Waals surface area (Å²) in [6.07, 6.45) is 5.17. The van der Waals surface area contributed by atoms with Gasteiger partial charge in [-0.2, -0.15) is 0 Å². The number of aromatic hydroxyl groups is 1. The van der Waals surface area contributed by atoms with Gasteiger partial charge in [0.2, 0.25) is 0 Å². The summed E-state index contributed by atoms with van der Waals surface area (Å²) in [4.78, 5) is 2.36. The van der Waals surface area contributed by atoms with Gasteiger partial charge in [0.05, 0.1) is 0 Å². The molecule has 0 saturated carbocycles. The third kappa shape index (κ3) is 4.13. The van der Waals surface area contributed by atoms with E-state index in [2.05, 4.69) is 18.7 Å². The molecule has 0 heterocycles. The first-order valence-electron chi connectivity index (χ1n) is 6.32. The van der Waals surface area contributed by atoms with Gasteiger partial charge in [-0.3, -0.25) is 0 Å². The molecule has 1 N–H and O–H groups in total. The highest BCUT2D eigenvalue weighted by Crippen LogP contribution is 2.18. The lowest BCUT2D eigenvalue weighted by molar-refractivity contribution is 0.475. The van der Waals surface area contributed by atoms with Gasteiger partial charge in [0.1, 0.15) is 5.75 Å². The Hall–Kier alpha value is -1.18. The minimum absolute atomic E-state index is 0.339. The van der Waals surface area contributed by atoms with Crippen molar-refractivity contribution in [2.24, 2.45) is 0 Å². The number of hydrogen-bond acceptors (Lipinski definition) is 2. The molecule has 1 aromatic carbocycles. The van der Waals surface area contributed by atoms with Crippen LogP contribution in [0.25, 0.3) is 0 Å². The molecule has 0 spiro atoms. The molecule has 0 aliphatic carbocycles. The molecule has 0 saturated heterocycles. The van der Waals surface area contributed by atoms with Crippen LogP contribution in [0.3, 0.4) is 0 Å². The summed E-state index contributed by atoms with van der Waals surface area (Å²) >= 11 is 0. The summed E-state index contributed by atoms with van der Waals surface area (Å²) < 4.78 is 0. The highest BCUT2D eigenvalue weighted by Gasteiger charge is 2.03. The summed E-state index contributed by atoms with van der Waals surface area (Å²) in [5.74, 6) is 0.339. The van der Waals surface area contributed by atoms with Gasteiger partial charge < -0.3 is 10.0 Å². The van der Waals surface area contributed by atoms with Crippen molar-refractivity contribution in [3.05, 3.63) is 24.3 Å². The van der Waals surface area contributed by atoms with Crippen LogP contribution in [0.2, 0.25) is 0 Å². The van der Waals surface area contributed by atoms with E-state index in [0.29, 0.717) is 5.75 Å². The second kappa shape index (κ2) is 7.15. The molecular weight excluding hydrogens is 198 g/mol. The van der Waals surface area contributed by atoms with Crippen LogP contribution in [-0.2, 0) is 0 Å². The van der Waals surface area contributed by atoms with Crippen LogP contribution in [0.5, 0.6) is 5.75 Å². The third-order valence-corrected chi connectivity index (χ3v) is 2.88. The zero-order chi connectivity index (χ0) is 11.8. The van der Waals surface area contributed by atoms with Gasteiger partial charge in [0.25, 0.3) is 0 Å². The summed E-state index contributed by atoms with van der Waals surface area (Å²) in [5.41, 5.74) is 1.21. The van der Waals surface area contributed by atoms with Gasteiger partial charge in [-0.05, 0) is 37.6 Å². The minimum atomic E-state index is 0.339. The Morgan fingerprint density at radius 1 is 1.00 bits per heavy atom. The average molecular weight is 221 g/mol. The highest BCUT2D eigenvalue weighted by atomic mass is 16.3. The lowest BCUT2D eigenvalue weighted by atomic mass is 10.2. The van der Waals surface area contributed by atoms with Crippen molar-refractivity contribution in [2.45, 2.75) is 39.5 Å². The molecule has 0 unspecified atom stereocenters. The van der Waals surface area contributed by atoms with Crippen LogP contribution < -0.4 is 4.90 Å². The minimum Gasteiger partial charge on any atom is -0.508 e. The van der Waals surface area contributed by atoms with Crippen molar-refractivity contribution in [1.29, 1.82) is 0 Å². The fraction of sp³-hybridized carbons (Fsp3) is 0.571. The molecule has 0 bridgehead atoms. The summed E-state index contributed by atoms with van der Waals surface area (Å²) in [5, 5.41) is 9.24. The second-order valence-corrected chi connectivity index (χ2v) is 4.16. The number of rotatable bonds is 7. The fourth-order valence-electron chi connectivity index (χ4n) is 1.86. The van der Waals surface area contributed by atoms with Gasteiger partial charge in [0, 0.05) is 18.8 Å². The molecule has 0 amide bonds. The molecule has 16 heavy (non-hydrogen) atoms. The molecule has 2 nitrogen and oxygen atoms in total. The van der Waals surface area contributed by atoms with E-state index in [1.54, 1.807) is 12.1 Å². The molecule has 0 fully saturated rings. The van der Waals surface area contributed by atoms with Crippen LogP contribution in [0, 0.1) is 0 Å². The van der Waals surface area contributed by atoms with Crippen molar-refractivity contribution in [3.8, 4) is 5.75 Å². The number of hydrogen-bond donors (Lipinski definition) is 1. The zero-order valence-corrected chi connectivity index (χ0v) is 10.4. The van der Waals surface area contributed by atoms with E-state index >= 15 is 0 Å². The Morgan fingerprint density at radius 3 is 2.25 bits per heavy atom. The number of phenols is 1. The summed E-state index contributed by atoms with van der Waals surface area (Å²) in [6, 6.07) is 7.48. The van der Waals surface area contributed by atoms with Crippen molar-refractivity contribution in [1.82, 2.24) is 0 Å².